The maximum absolute atomic E-state index is 13.0. The molecule has 0 saturated heterocycles. The lowest BCUT2D eigenvalue weighted by molar-refractivity contribution is -0.141. The monoisotopic (exact) mass is 347 g/mol. The predicted octanol–water partition coefficient (Wildman–Crippen LogP) is 4.19. The molecular formula is C13H9BrF3NO2. The third-order valence-electron chi connectivity index (χ3n) is 2.57. The van der Waals surface area contributed by atoms with Gasteiger partial charge in [-0.15, -0.1) is 0 Å². The average molecular weight is 348 g/mol. The molecule has 20 heavy (non-hydrogen) atoms. The van der Waals surface area contributed by atoms with Gasteiger partial charge in [0, 0.05) is 9.86 Å². The van der Waals surface area contributed by atoms with Crippen LogP contribution in [0.1, 0.15) is 23.0 Å². The van der Waals surface area contributed by atoms with Crippen LogP contribution in [-0.4, -0.2) is 17.6 Å². The van der Waals surface area contributed by atoms with Gasteiger partial charge in [0.15, 0.2) is 5.69 Å². The molecule has 106 valence electrons. The number of ether oxygens (including phenoxy) is 1. The molecule has 0 unspecified atom stereocenters. The predicted molar refractivity (Wildman–Crippen MR) is 70.4 cm³/mol. The Hall–Kier alpha value is -1.63. The van der Waals surface area contributed by atoms with Crippen molar-refractivity contribution in [2.24, 2.45) is 0 Å². The first-order valence-corrected chi connectivity index (χ1v) is 6.47. The summed E-state index contributed by atoms with van der Waals surface area (Å²) in [5.74, 6) is -1.04. The Balaban J connectivity index is 2.74. The number of halogens is 4. The molecular weight excluding hydrogens is 339 g/mol. The lowest BCUT2D eigenvalue weighted by Crippen LogP contribution is -2.17. The molecule has 0 aliphatic heterocycles. The van der Waals surface area contributed by atoms with E-state index in [0.717, 1.165) is 6.07 Å². The average Bonchev–Trinajstić information content (AvgIpc) is 2.37. The highest BCUT2D eigenvalue weighted by molar-refractivity contribution is 9.10. The minimum Gasteiger partial charge on any atom is -0.462 e. The van der Waals surface area contributed by atoms with Crippen molar-refractivity contribution in [2.45, 2.75) is 13.1 Å². The normalized spacial score (nSPS) is 11.7. The van der Waals surface area contributed by atoms with Crippen LogP contribution in [0.25, 0.3) is 10.9 Å². The molecule has 1 aromatic heterocycles. The molecule has 2 aromatic rings. The highest BCUT2D eigenvalue weighted by atomic mass is 79.9. The quantitative estimate of drug-likeness (QED) is 0.764. The van der Waals surface area contributed by atoms with Crippen molar-refractivity contribution < 1.29 is 22.7 Å². The van der Waals surface area contributed by atoms with Gasteiger partial charge in [-0.3, -0.25) is 0 Å². The van der Waals surface area contributed by atoms with E-state index < -0.39 is 23.4 Å². The fraction of sp³-hybridized carbons (Fsp3) is 0.231. The maximum atomic E-state index is 13.0. The molecule has 0 saturated carbocycles. The SMILES string of the molecule is CCOC(=O)c1cc2c(Br)cccc2nc1C(F)(F)F. The second kappa shape index (κ2) is 5.40. The smallest absolute Gasteiger partial charge is 0.434 e. The molecule has 0 radical (unpaired) electrons. The zero-order chi connectivity index (χ0) is 14.9. The molecule has 2 rings (SSSR count). The molecule has 7 heteroatoms. The van der Waals surface area contributed by atoms with Crippen molar-refractivity contribution in [3.05, 3.63) is 40.0 Å². The van der Waals surface area contributed by atoms with E-state index in [-0.39, 0.29) is 12.1 Å². The molecule has 0 amide bonds. The minimum atomic E-state index is -4.72. The largest absolute Gasteiger partial charge is 0.462 e. The van der Waals surface area contributed by atoms with Crippen molar-refractivity contribution in [2.75, 3.05) is 6.61 Å². The number of nitrogens with zero attached hydrogens (tertiary/aromatic N) is 1. The number of aromatic nitrogens is 1. The van der Waals surface area contributed by atoms with Gasteiger partial charge >= 0.3 is 12.1 Å². The number of pyridine rings is 1. The Labute approximate surface area is 120 Å². The van der Waals surface area contributed by atoms with Crippen LogP contribution in [-0.2, 0) is 10.9 Å². The summed E-state index contributed by atoms with van der Waals surface area (Å²) in [7, 11) is 0. The van der Waals surface area contributed by atoms with E-state index in [1.165, 1.54) is 13.0 Å². The van der Waals surface area contributed by atoms with Crippen LogP contribution in [0, 0.1) is 0 Å². The van der Waals surface area contributed by atoms with E-state index in [9.17, 15) is 18.0 Å². The summed E-state index contributed by atoms with van der Waals surface area (Å²) in [5.41, 5.74) is -1.67. The molecule has 0 bridgehead atoms. The Bertz CT molecular complexity index is 670. The zero-order valence-electron chi connectivity index (χ0n) is 10.3. The van der Waals surface area contributed by atoms with Crippen LogP contribution in [0.4, 0.5) is 13.2 Å². The van der Waals surface area contributed by atoms with Crippen LogP contribution in [0.3, 0.4) is 0 Å². The van der Waals surface area contributed by atoms with Crippen LogP contribution < -0.4 is 0 Å². The number of benzene rings is 1. The van der Waals surface area contributed by atoms with E-state index in [1.54, 1.807) is 12.1 Å². The lowest BCUT2D eigenvalue weighted by atomic mass is 10.1. The van der Waals surface area contributed by atoms with Gasteiger partial charge in [-0.1, -0.05) is 22.0 Å². The van der Waals surface area contributed by atoms with E-state index in [0.29, 0.717) is 9.86 Å². The highest BCUT2D eigenvalue weighted by Crippen LogP contribution is 2.34. The molecule has 3 nitrogen and oxygen atoms in total. The van der Waals surface area contributed by atoms with Crippen LogP contribution in [0.5, 0.6) is 0 Å². The maximum Gasteiger partial charge on any atom is 0.434 e. The van der Waals surface area contributed by atoms with Crippen molar-refractivity contribution in [1.29, 1.82) is 0 Å². The number of hydrogen-bond acceptors (Lipinski definition) is 3. The third-order valence-corrected chi connectivity index (χ3v) is 3.26. The Morgan fingerprint density at radius 3 is 2.70 bits per heavy atom. The molecule has 0 aliphatic rings. The summed E-state index contributed by atoms with van der Waals surface area (Å²) >= 11 is 3.22. The van der Waals surface area contributed by atoms with Gasteiger partial charge in [-0.25, -0.2) is 9.78 Å². The van der Waals surface area contributed by atoms with Crippen LogP contribution in [0.15, 0.2) is 28.7 Å². The van der Waals surface area contributed by atoms with Gasteiger partial charge < -0.3 is 4.74 Å². The third kappa shape index (κ3) is 2.77. The van der Waals surface area contributed by atoms with E-state index in [1.807, 2.05) is 0 Å². The Kier molecular flexibility index (Phi) is 3.99. The molecule has 0 spiro atoms. The van der Waals surface area contributed by atoms with Gasteiger partial charge in [0.05, 0.1) is 17.7 Å². The van der Waals surface area contributed by atoms with Gasteiger partial charge in [0.2, 0.25) is 0 Å². The Morgan fingerprint density at radius 2 is 2.10 bits per heavy atom. The molecule has 1 heterocycles. The number of hydrogen-bond donors (Lipinski definition) is 0. The van der Waals surface area contributed by atoms with Gasteiger partial charge in [0.1, 0.15) is 0 Å². The van der Waals surface area contributed by atoms with Crippen LogP contribution in [0.2, 0.25) is 0 Å². The van der Waals surface area contributed by atoms with Crippen molar-refractivity contribution >= 4 is 32.8 Å². The molecule has 0 N–H and O–H groups in total. The van der Waals surface area contributed by atoms with Crippen LogP contribution >= 0.6 is 15.9 Å². The van der Waals surface area contributed by atoms with E-state index in [2.05, 4.69) is 25.7 Å². The molecule has 0 aliphatic carbocycles. The zero-order valence-corrected chi connectivity index (χ0v) is 11.9. The second-order valence-electron chi connectivity index (χ2n) is 3.91. The first kappa shape index (κ1) is 14.8. The van der Waals surface area contributed by atoms with E-state index >= 15 is 0 Å². The van der Waals surface area contributed by atoms with Crippen molar-refractivity contribution in [3.8, 4) is 0 Å². The van der Waals surface area contributed by atoms with Gasteiger partial charge in [-0.2, -0.15) is 13.2 Å². The lowest BCUT2D eigenvalue weighted by Gasteiger charge is -2.13. The molecule has 1 aromatic carbocycles. The van der Waals surface area contributed by atoms with Gasteiger partial charge in [-0.05, 0) is 25.1 Å². The summed E-state index contributed by atoms with van der Waals surface area (Å²) in [6.45, 7) is 1.51. The van der Waals surface area contributed by atoms with Gasteiger partial charge in [0.25, 0.3) is 0 Å². The number of esters is 1. The Morgan fingerprint density at radius 1 is 1.40 bits per heavy atom. The fourth-order valence-electron chi connectivity index (χ4n) is 1.74. The topological polar surface area (TPSA) is 39.2 Å². The van der Waals surface area contributed by atoms with Crippen molar-refractivity contribution in [3.63, 3.8) is 0 Å². The number of rotatable bonds is 2. The number of carbonyl (C=O) groups excluding carboxylic acids is 1. The highest BCUT2D eigenvalue weighted by Gasteiger charge is 2.38. The standard InChI is InChI=1S/C13H9BrF3NO2/c1-2-20-12(19)8-6-7-9(14)4-3-5-10(7)18-11(8)13(15,16)17/h3-6H,2H2,1H3. The summed E-state index contributed by atoms with van der Waals surface area (Å²) in [4.78, 5) is 15.2. The fourth-order valence-corrected chi connectivity index (χ4v) is 2.21. The number of fused-ring (bicyclic) bond motifs is 1. The summed E-state index contributed by atoms with van der Waals surface area (Å²) in [6, 6.07) is 5.83. The molecule has 0 atom stereocenters. The summed E-state index contributed by atoms with van der Waals surface area (Å²) < 4.78 is 44.2. The van der Waals surface area contributed by atoms with E-state index in [4.69, 9.17) is 0 Å². The number of alkyl halides is 3. The number of carbonyl (C=O) groups is 1. The first-order chi connectivity index (χ1) is 9.34. The second-order valence-corrected chi connectivity index (χ2v) is 4.76. The van der Waals surface area contributed by atoms with Crippen molar-refractivity contribution in [1.82, 2.24) is 4.98 Å². The first-order valence-electron chi connectivity index (χ1n) is 5.68. The minimum absolute atomic E-state index is 0.00979. The summed E-state index contributed by atoms with van der Waals surface area (Å²) in [6.07, 6.45) is -4.72. The molecule has 0 fully saturated rings. The summed E-state index contributed by atoms with van der Waals surface area (Å²) in [5, 5.41) is 0.420.